The Morgan fingerprint density at radius 3 is 2.71 bits per heavy atom. The maximum atomic E-state index is 13.4. The molecular weight excluding hydrogens is 386 g/mol. The van der Waals surface area contributed by atoms with Crippen LogP contribution >= 0.6 is 0 Å². The fraction of sp³-hybridized carbons (Fsp3) is 0.462. The molecule has 1 aromatic heterocycles. The molecule has 0 spiro atoms. The Kier molecular flexibility index (Phi) is 5.41. The van der Waals surface area contributed by atoms with E-state index in [9.17, 15) is 9.90 Å². The third-order valence-electron chi connectivity index (χ3n) is 7.35. The van der Waals surface area contributed by atoms with E-state index < -0.39 is 0 Å². The first-order valence-corrected chi connectivity index (χ1v) is 11.4. The van der Waals surface area contributed by atoms with Gasteiger partial charge in [-0.2, -0.15) is 0 Å². The first-order valence-electron chi connectivity index (χ1n) is 11.4. The third kappa shape index (κ3) is 3.59. The summed E-state index contributed by atoms with van der Waals surface area (Å²) in [5.74, 6) is 7.18. The zero-order chi connectivity index (χ0) is 21.4. The van der Waals surface area contributed by atoms with Crippen LogP contribution in [0.2, 0.25) is 0 Å². The van der Waals surface area contributed by atoms with Crippen LogP contribution in [0.3, 0.4) is 0 Å². The molecule has 1 saturated heterocycles. The van der Waals surface area contributed by atoms with E-state index in [4.69, 9.17) is 0 Å². The lowest BCUT2D eigenvalue weighted by atomic mass is 9.81. The Balaban J connectivity index is 1.53. The van der Waals surface area contributed by atoms with Gasteiger partial charge >= 0.3 is 0 Å². The van der Waals surface area contributed by atoms with Gasteiger partial charge in [-0.15, -0.1) is 0 Å². The number of carbonyl (C=O) groups excluding carboxylic acids is 1. The van der Waals surface area contributed by atoms with Gasteiger partial charge in [0, 0.05) is 54.6 Å². The second-order valence-electron chi connectivity index (χ2n) is 9.04. The molecule has 1 aliphatic carbocycles. The average Bonchev–Trinajstić information content (AvgIpc) is 3.49. The largest absolute Gasteiger partial charge is 0.394 e. The van der Waals surface area contributed by atoms with Crippen LogP contribution in [0.4, 0.5) is 5.69 Å². The monoisotopic (exact) mass is 415 g/mol. The predicted octanol–water partition coefficient (Wildman–Crippen LogP) is 3.37. The van der Waals surface area contributed by atoms with Gasteiger partial charge in [0.25, 0.3) is 0 Å². The summed E-state index contributed by atoms with van der Waals surface area (Å²) in [6.07, 6.45) is 8.78. The van der Waals surface area contributed by atoms with E-state index in [1.807, 2.05) is 18.2 Å². The third-order valence-corrected chi connectivity index (χ3v) is 7.35. The topological polar surface area (TPSA) is 56.7 Å². The highest BCUT2D eigenvalue weighted by Gasteiger charge is 2.48. The number of hydrogen-bond donors (Lipinski definition) is 1. The summed E-state index contributed by atoms with van der Waals surface area (Å²) in [5.41, 5.74) is 4.09. The van der Waals surface area contributed by atoms with E-state index in [0.717, 1.165) is 55.5 Å². The molecule has 2 aromatic rings. The van der Waals surface area contributed by atoms with Crippen LogP contribution in [0.5, 0.6) is 0 Å². The van der Waals surface area contributed by atoms with Gasteiger partial charge in [0.2, 0.25) is 5.91 Å². The fourth-order valence-electron chi connectivity index (χ4n) is 5.77. The van der Waals surface area contributed by atoms with Crippen molar-refractivity contribution in [2.45, 2.75) is 44.2 Å². The van der Waals surface area contributed by atoms with Gasteiger partial charge in [-0.3, -0.25) is 9.78 Å². The van der Waals surface area contributed by atoms with Gasteiger partial charge in [0.05, 0.1) is 18.7 Å². The number of pyridine rings is 1. The van der Waals surface area contributed by atoms with Crippen LogP contribution in [0.1, 0.15) is 54.8 Å². The number of rotatable bonds is 2. The van der Waals surface area contributed by atoms with Crippen LogP contribution in [0.15, 0.2) is 42.7 Å². The Bertz CT molecular complexity index is 1020. The number of amides is 1. The molecule has 160 valence electrons. The molecule has 3 atom stereocenters. The van der Waals surface area contributed by atoms with Crippen LogP contribution in [0, 0.1) is 23.7 Å². The number of aliphatic hydroxyl groups is 1. The minimum atomic E-state index is 0.0246. The molecule has 5 heteroatoms. The highest BCUT2D eigenvalue weighted by atomic mass is 16.3. The summed E-state index contributed by atoms with van der Waals surface area (Å²) in [7, 11) is 2.05. The highest BCUT2D eigenvalue weighted by molar-refractivity contribution is 5.81. The lowest BCUT2D eigenvalue weighted by Gasteiger charge is -2.44. The van der Waals surface area contributed by atoms with Gasteiger partial charge in [-0.05, 0) is 55.2 Å². The van der Waals surface area contributed by atoms with Gasteiger partial charge in [0.1, 0.15) is 0 Å². The average molecular weight is 416 g/mol. The van der Waals surface area contributed by atoms with Crippen molar-refractivity contribution >= 4 is 11.6 Å². The Labute approximate surface area is 184 Å². The molecule has 2 aliphatic heterocycles. The SMILES string of the molecule is CN1c2ccc(C#Cc3cccnc3)cc2[C@H]2[C@H](CCN2C(=O)C2CCCC2)[C@@H]1CO. The van der Waals surface area contributed by atoms with Crippen molar-refractivity contribution in [2.24, 2.45) is 11.8 Å². The van der Waals surface area contributed by atoms with Crippen molar-refractivity contribution in [3.63, 3.8) is 0 Å². The van der Waals surface area contributed by atoms with Crippen LogP contribution in [-0.4, -0.2) is 47.1 Å². The van der Waals surface area contributed by atoms with Crippen molar-refractivity contribution < 1.29 is 9.90 Å². The summed E-state index contributed by atoms with van der Waals surface area (Å²) in [4.78, 5) is 21.8. The number of aromatic nitrogens is 1. The lowest BCUT2D eigenvalue weighted by molar-refractivity contribution is -0.136. The molecule has 31 heavy (non-hydrogen) atoms. The number of anilines is 1. The van der Waals surface area contributed by atoms with E-state index in [-0.39, 0.29) is 30.5 Å². The Morgan fingerprint density at radius 1 is 1.16 bits per heavy atom. The summed E-state index contributed by atoms with van der Waals surface area (Å²) in [6, 6.07) is 10.2. The van der Waals surface area contributed by atoms with Crippen LogP contribution < -0.4 is 4.90 Å². The molecule has 0 radical (unpaired) electrons. The molecular formula is C26H29N3O2. The van der Waals surface area contributed by atoms with Gasteiger partial charge in [0.15, 0.2) is 0 Å². The van der Waals surface area contributed by atoms with Crippen molar-refractivity contribution in [2.75, 3.05) is 25.1 Å². The molecule has 0 bridgehead atoms. The highest BCUT2D eigenvalue weighted by Crippen LogP contribution is 2.49. The van der Waals surface area contributed by atoms with Crippen molar-refractivity contribution in [3.8, 4) is 11.8 Å². The predicted molar refractivity (Wildman–Crippen MR) is 120 cm³/mol. The smallest absolute Gasteiger partial charge is 0.226 e. The van der Waals surface area contributed by atoms with Crippen molar-refractivity contribution in [1.29, 1.82) is 0 Å². The summed E-state index contributed by atoms with van der Waals surface area (Å²) < 4.78 is 0. The van der Waals surface area contributed by atoms with Gasteiger partial charge in [-0.1, -0.05) is 24.7 Å². The zero-order valence-electron chi connectivity index (χ0n) is 18.0. The standard InChI is InChI=1S/C26H29N3O2/c1-28-23-11-10-18(8-9-19-5-4-13-27-16-19)15-22(23)25-21(24(28)17-30)12-14-29(25)26(31)20-6-2-3-7-20/h4-5,10-11,13,15-16,20-21,24-25,30H,2-3,6-7,12,14,17H2,1H3/t21-,24+,25-/m1/s1. The summed E-state index contributed by atoms with van der Waals surface area (Å²) in [5, 5.41) is 10.2. The van der Waals surface area contributed by atoms with Crippen molar-refractivity contribution in [1.82, 2.24) is 9.88 Å². The Hall–Kier alpha value is -2.84. The number of likely N-dealkylation sites (tertiary alicyclic amines) is 1. The summed E-state index contributed by atoms with van der Waals surface area (Å²) in [6.45, 7) is 0.880. The number of nitrogens with zero attached hydrogens (tertiary/aromatic N) is 3. The van der Waals surface area contributed by atoms with E-state index >= 15 is 0 Å². The molecule has 2 fully saturated rings. The fourth-order valence-corrected chi connectivity index (χ4v) is 5.77. The number of hydrogen-bond acceptors (Lipinski definition) is 4. The minimum Gasteiger partial charge on any atom is -0.394 e. The summed E-state index contributed by atoms with van der Waals surface area (Å²) >= 11 is 0. The molecule has 1 amide bonds. The maximum Gasteiger partial charge on any atom is 0.226 e. The number of benzene rings is 1. The van der Waals surface area contributed by atoms with Crippen LogP contribution in [0.25, 0.3) is 0 Å². The molecule has 1 N–H and O–H groups in total. The second kappa shape index (κ2) is 8.36. The maximum absolute atomic E-state index is 13.4. The first kappa shape index (κ1) is 20.1. The molecule has 3 aliphatic rings. The van der Waals surface area contributed by atoms with Gasteiger partial charge < -0.3 is 14.9 Å². The molecule has 5 rings (SSSR count). The van der Waals surface area contributed by atoms with E-state index in [1.165, 1.54) is 5.56 Å². The van der Waals surface area contributed by atoms with E-state index in [2.05, 4.69) is 45.8 Å². The second-order valence-corrected chi connectivity index (χ2v) is 9.04. The molecule has 1 aromatic carbocycles. The lowest BCUT2D eigenvalue weighted by Crippen LogP contribution is -2.48. The number of fused-ring (bicyclic) bond motifs is 3. The van der Waals surface area contributed by atoms with E-state index in [0.29, 0.717) is 5.91 Å². The molecule has 3 heterocycles. The number of likely N-dealkylation sites (N-methyl/N-ethyl adjacent to an activating group) is 1. The van der Waals surface area contributed by atoms with E-state index in [1.54, 1.807) is 12.4 Å². The number of aliphatic hydroxyl groups excluding tert-OH is 1. The number of carbonyl (C=O) groups is 1. The normalized spacial score (nSPS) is 25.0. The van der Waals surface area contributed by atoms with Crippen LogP contribution in [-0.2, 0) is 4.79 Å². The van der Waals surface area contributed by atoms with Gasteiger partial charge in [-0.25, -0.2) is 0 Å². The quantitative estimate of drug-likeness (QED) is 0.764. The minimum absolute atomic E-state index is 0.0246. The zero-order valence-corrected chi connectivity index (χ0v) is 18.0. The first-order chi connectivity index (χ1) is 15.2. The molecule has 1 saturated carbocycles. The molecule has 0 unspecified atom stereocenters. The molecule has 5 nitrogen and oxygen atoms in total. The van der Waals surface area contributed by atoms with Crippen molar-refractivity contribution in [3.05, 3.63) is 59.4 Å². The Morgan fingerprint density at radius 2 is 1.97 bits per heavy atom.